The van der Waals surface area contributed by atoms with Crippen LogP contribution in [0.2, 0.25) is 0 Å². The van der Waals surface area contributed by atoms with Crippen molar-refractivity contribution in [3.63, 3.8) is 0 Å². The first-order valence-electron chi connectivity index (χ1n) is 13.1. The van der Waals surface area contributed by atoms with Gasteiger partial charge in [-0.25, -0.2) is 4.79 Å². The van der Waals surface area contributed by atoms with E-state index in [-0.39, 0.29) is 30.6 Å². The van der Waals surface area contributed by atoms with Crippen LogP contribution < -0.4 is 20.4 Å². The van der Waals surface area contributed by atoms with E-state index in [9.17, 15) is 33.6 Å². The van der Waals surface area contributed by atoms with Gasteiger partial charge in [-0.3, -0.25) is 38.6 Å². The normalized spacial score (nSPS) is 14.6. The number of anilines is 2. The van der Waals surface area contributed by atoms with E-state index in [1.807, 2.05) is 0 Å². The van der Waals surface area contributed by atoms with Crippen molar-refractivity contribution in [2.45, 2.75) is 39.2 Å². The Labute approximate surface area is 236 Å². The number of nitrogens with one attached hydrogen (secondary N) is 2. The summed E-state index contributed by atoms with van der Waals surface area (Å²) in [7, 11) is 1.19. The van der Waals surface area contributed by atoms with Gasteiger partial charge in [0.1, 0.15) is 19.1 Å². The fourth-order valence-electron chi connectivity index (χ4n) is 4.82. The highest BCUT2D eigenvalue weighted by Gasteiger charge is 2.38. The van der Waals surface area contributed by atoms with Crippen LogP contribution in [0.25, 0.3) is 0 Å². The minimum Gasteiger partial charge on any atom is -0.467 e. The molecule has 214 valence electrons. The average molecular weight is 563 g/mol. The van der Waals surface area contributed by atoms with E-state index < -0.39 is 53.8 Å². The number of esters is 1. The van der Waals surface area contributed by atoms with Crippen LogP contribution in [-0.2, 0) is 28.7 Å². The third-order valence-electron chi connectivity index (χ3n) is 6.92. The molecule has 0 radical (unpaired) electrons. The van der Waals surface area contributed by atoms with Gasteiger partial charge < -0.3 is 15.4 Å². The van der Waals surface area contributed by atoms with Gasteiger partial charge in [-0.15, -0.1) is 0 Å². The van der Waals surface area contributed by atoms with Crippen molar-refractivity contribution in [2.24, 2.45) is 0 Å². The quantitative estimate of drug-likeness (QED) is 0.233. The van der Waals surface area contributed by atoms with Gasteiger partial charge in [0, 0.05) is 6.54 Å². The molecule has 0 aromatic heterocycles. The molecule has 0 bridgehead atoms. The molecule has 2 aliphatic heterocycles. The molecule has 2 aliphatic rings. The number of carbonyl (C=O) groups is 7. The highest BCUT2D eigenvalue weighted by Crippen LogP contribution is 2.30. The summed E-state index contributed by atoms with van der Waals surface area (Å²) in [5.41, 5.74) is 2.88. The molecule has 0 aliphatic carbocycles. The maximum Gasteiger partial charge on any atom is 0.328 e. The van der Waals surface area contributed by atoms with Crippen molar-refractivity contribution in [1.29, 1.82) is 0 Å². The molecule has 2 aromatic carbocycles. The molecule has 0 unspecified atom stereocenters. The van der Waals surface area contributed by atoms with Crippen LogP contribution in [0.3, 0.4) is 0 Å². The third-order valence-corrected chi connectivity index (χ3v) is 6.92. The lowest BCUT2D eigenvalue weighted by Crippen LogP contribution is -2.47. The van der Waals surface area contributed by atoms with Gasteiger partial charge in [-0.1, -0.05) is 23.3 Å². The average Bonchev–Trinajstić information content (AvgIpc) is 3.31. The first-order valence-corrected chi connectivity index (χ1v) is 13.1. The van der Waals surface area contributed by atoms with Gasteiger partial charge in [-0.05, 0) is 57.4 Å². The van der Waals surface area contributed by atoms with Gasteiger partial charge in [0.05, 0.1) is 29.6 Å². The molecule has 0 spiro atoms. The molecule has 12 nitrogen and oxygen atoms in total. The molecule has 4 rings (SSSR count). The van der Waals surface area contributed by atoms with Crippen LogP contribution in [0.5, 0.6) is 0 Å². The van der Waals surface area contributed by atoms with Crippen LogP contribution in [-0.4, -0.2) is 74.0 Å². The van der Waals surface area contributed by atoms with Gasteiger partial charge in [-0.2, -0.15) is 0 Å². The van der Waals surface area contributed by atoms with E-state index in [1.54, 1.807) is 50.2 Å². The molecule has 2 heterocycles. The lowest BCUT2D eigenvalue weighted by Gasteiger charge is -2.20. The molecule has 2 N–H and O–H groups in total. The Morgan fingerprint density at radius 2 is 1.29 bits per heavy atom. The maximum atomic E-state index is 12.7. The Morgan fingerprint density at radius 3 is 1.80 bits per heavy atom. The maximum absolute atomic E-state index is 12.7. The molecular weight excluding hydrogens is 532 g/mol. The zero-order valence-corrected chi connectivity index (χ0v) is 22.9. The smallest absolute Gasteiger partial charge is 0.328 e. The van der Waals surface area contributed by atoms with Crippen molar-refractivity contribution in [3.05, 3.63) is 58.7 Å². The third kappa shape index (κ3) is 6.16. The molecule has 0 saturated carbocycles. The van der Waals surface area contributed by atoms with Crippen molar-refractivity contribution in [2.75, 3.05) is 36.5 Å². The number of hydrogen-bond acceptors (Lipinski definition) is 8. The molecule has 2 aromatic rings. The van der Waals surface area contributed by atoms with E-state index in [4.69, 9.17) is 4.74 Å². The molecular formula is C29H30N4O8. The Kier molecular flexibility index (Phi) is 8.60. The lowest BCUT2D eigenvalue weighted by molar-refractivity contribution is -0.145. The van der Waals surface area contributed by atoms with Crippen LogP contribution >= 0.6 is 0 Å². The number of ether oxygens (including phenoxy) is 1. The molecule has 12 heteroatoms. The van der Waals surface area contributed by atoms with Gasteiger partial charge in [0.15, 0.2) is 0 Å². The van der Waals surface area contributed by atoms with Crippen LogP contribution in [0, 0.1) is 13.8 Å². The van der Waals surface area contributed by atoms with Gasteiger partial charge >= 0.3 is 5.97 Å². The number of hydrogen-bond donors (Lipinski definition) is 2. The number of ketones is 2. The largest absolute Gasteiger partial charge is 0.467 e. The minimum atomic E-state index is -0.998. The Morgan fingerprint density at radius 1 is 0.780 bits per heavy atom. The fraction of sp³-hybridized carbons (Fsp3) is 0.345. The van der Waals surface area contributed by atoms with E-state index in [1.165, 1.54) is 7.11 Å². The number of amides is 4. The number of nitrogens with zero attached hydrogens (tertiary/aromatic N) is 2. The number of Topliss-reactive ketones (excluding diaryl/α,β-unsaturated/α-hetero) is 2. The summed E-state index contributed by atoms with van der Waals surface area (Å²) in [4.78, 5) is 89.0. The first-order chi connectivity index (χ1) is 19.5. The van der Waals surface area contributed by atoms with Crippen molar-refractivity contribution < 1.29 is 38.3 Å². The van der Waals surface area contributed by atoms with Gasteiger partial charge in [0.2, 0.25) is 11.8 Å². The number of carbonyl (C=O) groups excluding carboxylic acids is 7. The second-order valence-electron chi connectivity index (χ2n) is 9.97. The molecule has 41 heavy (non-hydrogen) atoms. The highest BCUT2D eigenvalue weighted by atomic mass is 16.5. The number of benzene rings is 2. The molecule has 1 atom stereocenters. The summed E-state index contributed by atoms with van der Waals surface area (Å²) >= 11 is 0. The van der Waals surface area contributed by atoms with Crippen molar-refractivity contribution in [1.82, 2.24) is 10.6 Å². The number of unbranched alkanes of at least 4 members (excludes halogenated alkanes) is 1. The van der Waals surface area contributed by atoms with Crippen LogP contribution in [0.4, 0.5) is 11.4 Å². The number of aryl methyl sites for hydroxylation is 2. The first kappa shape index (κ1) is 29.1. The van der Waals surface area contributed by atoms with E-state index >= 15 is 0 Å². The second-order valence-corrected chi connectivity index (χ2v) is 9.97. The number of methoxy groups -OCH3 is 1. The molecule has 4 amide bonds. The van der Waals surface area contributed by atoms with Crippen LogP contribution in [0.1, 0.15) is 51.1 Å². The number of rotatable bonds is 11. The summed E-state index contributed by atoms with van der Waals surface area (Å²) in [5, 5.41) is 5.25. The molecule has 0 fully saturated rings. The fourth-order valence-corrected chi connectivity index (χ4v) is 4.82. The topological polar surface area (TPSA) is 159 Å². The second kappa shape index (κ2) is 12.1. The SMILES string of the molecule is COC(=O)[C@H](CCCCNC(=O)CN1C(=O)C(=O)c2cc(C)ccc21)NC(=O)CN1C(=O)C(=O)c2cc(C)ccc21. The van der Waals surface area contributed by atoms with Gasteiger partial charge in [0.25, 0.3) is 23.4 Å². The van der Waals surface area contributed by atoms with E-state index in [2.05, 4.69) is 10.6 Å². The summed E-state index contributed by atoms with van der Waals surface area (Å²) in [6.07, 6.45) is 1.07. The Hall–Kier alpha value is -4.87. The number of fused-ring (bicyclic) bond motifs is 2. The van der Waals surface area contributed by atoms with Crippen molar-refractivity contribution >= 4 is 52.5 Å². The Bertz CT molecular complexity index is 1470. The lowest BCUT2D eigenvalue weighted by atomic mass is 10.1. The van der Waals surface area contributed by atoms with Crippen molar-refractivity contribution in [3.8, 4) is 0 Å². The summed E-state index contributed by atoms with van der Waals surface area (Å²) in [6.45, 7) is 3.08. The summed E-state index contributed by atoms with van der Waals surface area (Å²) in [6, 6.07) is 8.94. The monoisotopic (exact) mass is 562 g/mol. The minimum absolute atomic E-state index is 0.197. The van der Waals surface area contributed by atoms with E-state index in [0.29, 0.717) is 24.2 Å². The molecule has 0 saturated heterocycles. The van der Waals surface area contributed by atoms with E-state index in [0.717, 1.165) is 20.9 Å². The summed E-state index contributed by atoms with van der Waals surface area (Å²) < 4.78 is 4.79. The standard InChI is InChI=1S/C29H30N4O8/c1-16-7-9-21-18(12-16)25(36)27(38)32(21)14-23(34)30-11-5-4-6-20(29(40)41-3)31-24(35)15-33-22-10-8-17(2)13-19(22)26(37)28(33)39/h7-10,12-13,20H,4-6,11,14-15H2,1-3H3,(H,30,34)(H,31,35)/t20-/m0/s1. The summed E-state index contributed by atoms with van der Waals surface area (Å²) in [5.74, 6) is -4.66. The predicted octanol–water partition coefficient (Wildman–Crippen LogP) is 1.01. The predicted molar refractivity (Wildman–Crippen MR) is 147 cm³/mol. The van der Waals surface area contributed by atoms with Crippen LogP contribution in [0.15, 0.2) is 36.4 Å². The highest BCUT2D eigenvalue weighted by molar-refractivity contribution is 6.53. The zero-order valence-electron chi connectivity index (χ0n) is 22.9. The Balaban J connectivity index is 1.24. The zero-order chi connectivity index (χ0) is 29.8.